The standard InChI is InChI=1S/C14H21/c1-4-5-6-7-8-14-10-9-12(2)13(3)11-14/h8-11H,4-7H2,1-3H3. The molecule has 0 fully saturated rings. The largest absolute Gasteiger partial charge is 0.0654 e. The number of hydrogen-bond donors (Lipinski definition) is 0. The van der Waals surface area contributed by atoms with Crippen LogP contribution in [0.5, 0.6) is 0 Å². The Hall–Kier alpha value is -0.780. The maximum absolute atomic E-state index is 2.35. The topological polar surface area (TPSA) is 0 Å². The summed E-state index contributed by atoms with van der Waals surface area (Å²) in [5.41, 5.74) is 4.16. The Bertz CT molecular complexity index is 273. The SMILES string of the molecule is CCCCC[CH]c1ccc(C)c(C)c1. The molecule has 0 aliphatic rings. The van der Waals surface area contributed by atoms with Gasteiger partial charge in [0.1, 0.15) is 0 Å². The summed E-state index contributed by atoms with van der Waals surface area (Å²) in [5.74, 6) is 0. The second kappa shape index (κ2) is 5.85. The van der Waals surface area contributed by atoms with Gasteiger partial charge in [-0.3, -0.25) is 0 Å². The van der Waals surface area contributed by atoms with Crippen LogP contribution in [0.2, 0.25) is 0 Å². The molecule has 0 atom stereocenters. The van der Waals surface area contributed by atoms with Gasteiger partial charge in [0.05, 0.1) is 0 Å². The lowest BCUT2D eigenvalue weighted by Crippen LogP contribution is -1.86. The Kier molecular flexibility index (Phi) is 4.72. The molecule has 0 amide bonds. The van der Waals surface area contributed by atoms with Gasteiger partial charge in [-0.05, 0) is 43.4 Å². The van der Waals surface area contributed by atoms with Crippen LogP contribution in [0.3, 0.4) is 0 Å². The Morgan fingerprint density at radius 2 is 1.86 bits per heavy atom. The maximum Gasteiger partial charge on any atom is -0.00930 e. The van der Waals surface area contributed by atoms with Gasteiger partial charge in [-0.25, -0.2) is 0 Å². The van der Waals surface area contributed by atoms with Crippen molar-refractivity contribution < 1.29 is 0 Å². The lowest BCUT2D eigenvalue weighted by molar-refractivity contribution is 0.715. The first-order valence-electron chi connectivity index (χ1n) is 5.64. The zero-order valence-electron chi connectivity index (χ0n) is 9.64. The van der Waals surface area contributed by atoms with Gasteiger partial charge in [0, 0.05) is 0 Å². The van der Waals surface area contributed by atoms with Crippen LogP contribution in [0.25, 0.3) is 0 Å². The third-order valence-electron chi connectivity index (χ3n) is 2.72. The molecular formula is C14H21. The van der Waals surface area contributed by atoms with E-state index in [1.807, 2.05) is 0 Å². The molecule has 0 saturated carbocycles. The van der Waals surface area contributed by atoms with Crippen molar-refractivity contribution >= 4 is 0 Å². The molecule has 0 N–H and O–H groups in total. The van der Waals surface area contributed by atoms with Crippen LogP contribution >= 0.6 is 0 Å². The first-order valence-corrected chi connectivity index (χ1v) is 5.64. The Morgan fingerprint density at radius 1 is 1.07 bits per heavy atom. The zero-order valence-corrected chi connectivity index (χ0v) is 9.64. The lowest BCUT2D eigenvalue weighted by Gasteiger charge is -2.04. The number of hydrogen-bond acceptors (Lipinski definition) is 0. The van der Waals surface area contributed by atoms with Crippen molar-refractivity contribution in [1.29, 1.82) is 0 Å². The van der Waals surface area contributed by atoms with Crippen LogP contribution in [-0.2, 0) is 0 Å². The summed E-state index contributed by atoms with van der Waals surface area (Å²) in [6, 6.07) is 6.70. The number of unbranched alkanes of at least 4 members (excludes halogenated alkanes) is 3. The summed E-state index contributed by atoms with van der Waals surface area (Å²) in [7, 11) is 0. The normalized spacial score (nSPS) is 10.5. The fraction of sp³-hybridized carbons (Fsp3) is 0.500. The third kappa shape index (κ3) is 3.53. The van der Waals surface area contributed by atoms with Crippen molar-refractivity contribution in [1.82, 2.24) is 0 Å². The van der Waals surface area contributed by atoms with Crippen molar-refractivity contribution in [3.63, 3.8) is 0 Å². The highest BCUT2D eigenvalue weighted by Gasteiger charge is 1.96. The van der Waals surface area contributed by atoms with Crippen LogP contribution in [0.4, 0.5) is 0 Å². The van der Waals surface area contributed by atoms with E-state index in [-0.39, 0.29) is 0 Å². The molecule has 0 aromatic heterocycles. The summed E-state index contributed by atoms with van der Waals surface area (Å²) in [5, 5.41) is 0. The quantitative estimate of drug-likeness (QED) is 0.601. The van der Waals surface area contributed by atoms with Crippen LogP contribution < -0.4 is 0 Å². The van der Waals surface area contributed by atoms with E-state index in [1.165, 1.54) is 42.4 Å². The number of rotatable bonds is 5. The van der Waals surface area contributed by atoms with Crippen LogP contribution in [0.1, 0.15) is 49.3 Å². The number of aryl methyl sites for hydroxylation is 2. The van der Waals surface area contributed by atoms with E-state index >= 15 is 0 Å². The predicted molar refractivity (Wildman–Crippen MR) is 63.5 cm³/mol. The highest BCUT2D eigenvalue weighted by atomic mass is 14.0. The Balaban J connectivity index is 2.39. The first kappa shape index (κ1) is 11.3. The highest BCUT2D eigenvalue weighted by molar-refractivity contribution is 5.33. The minimum Gasteiger partial charge on any atom is -0.0654 e. The molecule has 1 aromatic rings. The minimum atomic E-state index is 1.22. The van der Waals surface area contributed by atoms with Gasteiger partial charge < -0.3 is 0 Å². The summed E-state index contributed by atoms with van der Waals surface area (Å²) >= 11 is 0. The molecule has 1 rings (SSSR count). The van der Waals surface area contributed by atoms with Crippen LogP contribution in [0, 0.1) is 20.3 Å². The molecule has 0 heterocycles. The van der Waals surface area contributed by atoms with Gasteiger partial charge in [0.15, 0.2) is 0 Å². The molecule has 14 heavy (non-hydrogen) atoms. The maximum atomic E-state index is 2.35. The molecule has 0 bridgehead atoms. The van der Waals surface area contributed by atoms with E-state index < -0.39 is 0 Å². The van der Waals surface area contributed by atoms with Gasteiger partial charge in [-0.15, -0.1) is 0 Å². The Labute approximate surface area is 88.4 Å². The summed E-state index contributed by atoms with van der Waals surface area (Å²) < 4.78 is 0. The summed E-state index contributed by atoms with van der Waals surface area (Å²) in [4.78, 5) is 0. The molecule has 0 aliphatic carbocycles. The zero-order chi connectivity index (χ0) is 10.4. The van der Waals surface area contributed by atoms with E-state index in [4.69, 9.17) is 0 Å². The molecule has 1 radical (unpaired) electrons. The lowest BCUT2D eigenvalue weighted by atomic mass is 10.0. The van der Waals surface area contributed by atoms with Crippen molar-refractivity contribution in [2.24, 2.45) is 0 Å². The van der Waals surface area contributed by atoms with Crippen LogP contribution in [0.15, 0.2) is 18.2 Å². The second-order valence-electron chi connectivity index (χ2n) is 4.04. The van der Waals surface area contributed by atoms with Gasteiger partial charge >= 0.3 is 0 Å². The molecule has 0 aliphatic heterocycles. The van der Waals surface area contributed by atoms with Crippen molar-refractivity contribution in [3.8, 4) is 0 Å². The number of benzene rings is 1. The van der Waals surface area contributed by atoms with E-state index in [0.717, 1.165) is 0 Å². The van der Waals surface area contributed by atoms with Crippen molar-refractivity contribution in [2.75, 3.05) is 0 Å². The average molecular weight is 189 g/mol. The van der Waals surface area contributed by atoms with Gasteiger partial charge in [-0.1, -0.05) is 44.4 Å². The van der Waals surface area contributed by atoms with Gasteiger partial charge in [0.2, 0.25) is 0 Å². The predicted octanol–water partition coefficient (Wildman–Crippen LogP) is 4.44. The van der Waals surface area contributed by atoms with Crippen LogP contribution in [-0.4, -0.2) is 0 Å². The fourth-order valence-corrected chi connectivity index (χ4v) is 1.55. The monoisotopic (exact) mass is 189 g/mol. The average Bonchev–Trinajstić information content (AvgIpc) is 2.18. The molecular weight excluding hydrogens is 168 g/mol. The molecule has 1 aromatic carbocycles. The van der Waals surface area contributed by atoms with Gasteiger partial charge in [0.25, 0.3) is 0 Å². The highest BCUT2D eigenvalue weighted by Crippen LogP contribution is 2.14. The molecule has 0 nitrogen and oxygen atoms in total. The molecule has 0 saturated heterocycles. The second-order valence-corrected chi connectivity index (χ2v) is 4.04. The van der Waals surface area contributed by atoms with Crippen molar-refractivity contribution in [2.45, 2.75) is 46.5 Å². The van der Waals surface area contributed by atoms with Gasteiger partial charge in [-0.2, -0.15) is 0 Å². The minimum absolute atomic E-state index is 1.22. The summed E-state index contributed by atoms with van der Waals surface area (Å²) in [6.07, 6.45) is 7.55. The Morgan fingerprint density at radius 3 is 2.50 bits per heavy atom. The fourth-order valence-electron chi connectivity index (χ4n) is 1.55. The molecule has 77 valence electrons. The smallest absolute Gasteiger partial charge is 0.00930 e. The summed E-state index contributed by atoms with van der Waals surface area (Å²) in [6.45, 7) is 6.59. The molecule has 0 heteroatoms. The van der Waals surface area contributed by atoms with E-state index in [1.54, 1.807) is 0 Å². The van der Waals surface area contributed by atoms with Crippen molar-refractivity contribution in [3.05, 3.63) is 41.3 Å². The van der Waals surface area contributed by atoms with E-state index in [9.17, 15) is 0 Å². The van der Waals surface area contributed by atoms with E-state index in [2.05, 4.69) is 45.4 Å². The third-order valence-corrected chi connectivity index (χ3v) is 2.72. The molecule has 0 spiro atoms. The molecule has 0 unspecified atom stereocenters. The first-order chi connectivity index (χ1) is 6.74. The van der Waals surface area contributed by atoms with E-state index in [0.29, 0.717) is 0 Å².